The molecule has 0 rings (SSSR count). The van der Waals surface area contributed by atoms with Crippen LogP contribution in [0.2, 0.25) is 0 Å². The predicted octanol–water partition coefficient (Wildman–Crippen LogP) is 0.427. The quantitative estimate of drug-likeness (QED) is 0.620. The maximum absolute atomic E-state index is 10.9. The van der Waals surface area contributed by atoms with Crippen molar-refractivity contribution in [1.29, 1.82) is 5.26 Å². The second-order valence-electron chi connectivity index (χ2n) is 2.99. The number of nitrogens with zero attached hydrogens (tertiary/aromatic N) is 1. The van der Waals surface area contributed by atoms with Gasteiger partial charge in [-0.25, -0.2) is 0 Å². The lowest BCUT2D eigenvalue weighted by molar-refractivity contribution is -0.146. The van der Waals surface area contributed by atoms with Gasteiger partial charge in [0.2, 0.25) is 0 Å². The van der Waals surface area contributed by atoms with Crippen molar-refractivity contribution in [2.45, 2.75) is 26.3 Å². The Morgan fingerprint density at radius 2 is 2.25 bits per heavy atom. The first-order valence-corrected chi connectivity index (χ1v) is 3.87. The summed E-state index contributed by atoms with van der Waals surface area (Å²) in [6.07, 6.45) is 0.0108. The van der Waals surface area contributed by atoms with E-state index in [9.17, 15) is 4.79 Å². The summed E-state index contributed by atoms with van der Waals surface area (Å²) in [4.78, 5) is 10.9. The lowest BCUT2D eigenvalue weighted by Crippen LogP contribution is -2.32. The lowest BCUT2D eigenvalue weighted by Gasteiger charge is -2.09. The van der Waals surface area contributed by atoms with E-state index in [1.165, 1.54) is 0 Å². The molecule has 0 heterocycles. The van der Waals surface area contributed by atoms with Gasteiger partial charge >= 0.3 is 5.97 Å². The van der Waals surface area contributed by atoms with E-state index in [4.69, 9.17) is 15.7 Å². The Bertz CT molecular complexity index is 184. The average molecular weight is 170 g/mol. The zero-order valence-electron chi connectivity index (χ0n) is 7.41. The van der Waals surface area contributed by atoms with Crippen LogP contribution in [0.4, 0.5) is 0 Å². The highest BCUT2D eigenvalue weighted by Crippen LogP contribution is 1.96. The smallest absolute Gasteiger partial charge is 0.323 e. The van der Waals surface area contributed by atoms with E-state index in [2.05, 4.69) is 0 Å². The van der Waals surface area contributed by atoms with E-state index in [0.29, 0.717) is 12.5 Å². The van der Waals surface area contributed by atoms with Crippen molar-refractivity contribution < 1.29 is 9.53 Å². The molecule has 0 aromatic rings. The summed E-state index contributed by atoms with van der Waals surface area (Å²) in [6, 6.07) is 1.01. The molecular weight excluding hydrogens is 156 g/mol. The van der Waals surface area contributed by atoms with Gasteiger partial charge in [0.1, 0.15) is 6.04 Å². The fourth-order valence-corrected chi connectivity index (χ4v) is 0.538. The molecule has 0 amide bonds. The van der Waals surface area contributed by atoms with Gasteiger partial charge in [-0.2, -0.15) is 5.26 Å². The van der Waals surface area contributed by atoms with Crippen LogP contribution in [0.1, 0.15) is 20.3 Å². The summed E-state index contributed by atoms with van der Waals surface area (Å²) >= 11 is 0. The number of hydrogen-bond donors (Lipinski definition) is 1. The van der Waals surface area contributed by atoms with Crippen molar-refractivity contribution in [3.63, 3.8) is 0 Å². The molecule has 0 aromatic heterocycles. The molecule has 4 nitrogen and oxygen atoms in total. The molecule has 0 aliphatic carbocycles. The summed E-state index contributed by atoms with van der Waals surface area (Å²) in [5, 5.41) is 8.23. The van der Waals surface area contributed by atoms with Crippen LogP contribution in [-0.2, 0) is 9.53 Å². The van der Waals surface area contributed by atoms with Crippen LogP contribution in [0.5, 0.6) is 0 Å². The van der Waals surface area contributed by atoms with Gasteiger partial charge in [-0.05, 0) is 5.92 Å². The van der Waals surface area contributed by atoms with Crippen molar-refractivity contribution >= 4 is 5.97 Å². The minimum Gasteiger partial charge on any atom is -0.464 e. The number of rotatable bonds is 4. The minimum absolute atomic E-state index is 0.0108. The standard InChI is InChI=1S/C8H14N2O2/c1-6(2)5-12-8(11)7(10)3-4-9/h6-7H,3,5,10H2,1-2H3. The number of esters is 1. The summed E-state index contributed by atoms with van der Waals surface area (Å²) in [7, 11) is 0. The van der Waals surface area contributed by atoms with E-state index in [0.717, 1.165) is 0 Å². The van der Waals surface area contributed by atoms with Crippen LogP contribution in [0, 0.1) is 17.2 Å². The minimum atomic E-state index is -0.797. The highest BCUT2D eigenvalue weighted by molar-refractivity contribution is 5.75. The highest BCUT2D eigenvalue weighted by Gasteiger charge is 2.14. The fourth-order valence-electron chi connectivity index (χ4n) is 0.538. The Morgan fingerprint density at radius 1 is 1.67 bits per heavy atom. The van der Waals surface area contributed by atoms with Crippen LogP contribution in [-0.4, -0.2) is 18.6 Å². The van der Waals surface area contributed by atoms with E-state index < -0.39 is 12.0 Å². The van der Waals surface area contributed by atoms with Gasteiger partial charge in [0.05, 0.1) is 19.1 Å². The summed E-state index contributed by atoms with van der Waals surface area (Å²) in [5.41, 5.74) is 5.32. The molecule has 2 N–H and O–H groups in total. The molecule has 0 aliphatic rings. The van der Waals surface area contributed by atoms with Crippen LogP contribution in [0.25, 0.3) is 0 Å². The molecule has 1 atom stereocenters. The van der Waals surface area contributed by atoms with Gasteiger partial charge in [0.15, 0.2) is 0 Å². The number of nitriles is 1. The van der Waals surface area contributed by atoms with Crippen molar-refractivity contribution in [2.24, 2.45) is 11.7 Å². The lowest BCUT2D eigenvalue weighted by atomic mass is 10.2. The van der Waals surface area contributed by atoms with Crippen LogP contribution in [0.15, 0.2) is 0 Å². The molecule has 4 heteroatoms. The van der Waals surface area contributed by atoms with Crippen LogP contribution < -0.4 is 5.73 Å². The van der Waals surface area contributed by atoms with Gasteiger partial charge in [0, 0.05) is 0 Å². The Hall–Kier alpha value is -1.08. The van der Waals surface area contributed by atoms with Gasteiger partial charge < -0.3 is 10.5 Å². The third-order valence-corrected chi connectivity index (χ3v) is 1.17. The number of hydrogen-bond acceptors (Lipinski definition) is 4. The molecule has 0 saturated carbocycles. The Labute approximate surface area is 72.3 Å². The molecule has 0 saturated heterocycles. The van der Waals surface area contributed by atoms with E-state index in [1.807, 2.05) is 19.9 Å². The van der Waals surface area contributed by atoms with E-state index in [1.54, 1.807) is 0 Å². The Morgan fingerprint density at radius 3 is 2.67 bits per heavy atom. The first-order chi connectivity index (χ1) is 5.57. The topological polar surface area (TPSA) is 76.1 Å². The molecule has 0 radical (unpaired) electrons. The van der Waals surface area contributed by atoms with Gasteiger partial charge in [0.25, 0.3) is 0 Å². The molecule has 0 aromatic carbocycles. The zero-order valence-corrected chi connectivity index (χ0v) is 7.41. The third kappa shape index (κ3) is 4.69. The molecule has 68 valence electrons. The largest absolute Gasteiger partial charge is 0.464 e. The number of ether oxygens (including phenoxy) is 1. The van der Waals surface area contributed by atoms with Crippen LogP contribution in [0.3, 0.4) is 0 Å². The number of nitrogens with two attached hydrogens (primary N) is 1. The average Bonchev–Trinajstić information content (AvgIpc) is 2.00. The highest BCUT2D eigenvalue weighted by atomic mass is 16.5. The van der Waals surface area contributed by atoms with E-state index >= 15 is 0 Å². The number of carbonyl (C=O) groups excluding carboxylic acids is 1. The summed E-state index contributed by atoms with van der Waals surface area (Å²) < 4.78 is 4.80. The maximum Gasteiger partial charge on any atom is 0.323 e. The van der Waals surface area contributed by atoms with E-state index in [-0.39, 0.29) is 6.42 Å². The second kappa shape index (κ2) is 5.56. The predicted molar refractivity (Wildman–Crippen MR) is 44.0 cm³/mol. The molecule has 0 aliphatic heterocycles. The van der Waals surface area contributed by atoms with Crippen molar-refractivity contribution in [3.8, 4) is 6.07 Å². The van der Waals surface area contributed by atoms with Crippen molar-refractivity contribution in [3.05, 3.63) is 0 Å². The zero-order chi connectivity index (χ0) is 9.56. The summed E-state index contributed by atoms with van der Waals surface area (Å²) in [5.74, 6) is -0.200. The monoisotopic (exact) mass is 170 g/mol. The Kier molecular flexibility index (Phi) is 5.06. The van der Waals surface area contributed by atoms with Crippen molar-refractivity contribution in [2.75, 3.05) is 6.61 Å². The van der Waals surface area contributed by atoms with Crippen LogP contribution >= 0.6 is 0 Å². The first kappa shape index (κ1) is 10.9. The van der Waals surface area contributed by atoms with Gasteiger partial charge in [-0.1, -0.05) is 13.8 Å². The molecule has 1 unspecified atom stereocenters. The molecule has 0 bridgehead atoms. The maximum atomic E-state index is 10.9. The molecule has 12 heavy (non-hydrogen) atoms. The fraction of sp³-hybridized carbons (Fsp3) is 0.750. The van der Waals surface area contributed by atoms with Gasteiger partial charge in [-0.3, -0.25) is 4.79 Å². The molecular formula is C8H14N2O2. The normalized spacial score (nSPS) is 12.2. The SMILES string of the molecule is CC(C)COC(=O)C(N)CC#N. The second-order valence-corrected chi connectivity index (χ2v) is 2.99. The van der Waals surface area contributed by atoms with Gasteiger partial charge in [-0.15, -0.1) is 0 Å². The third-order valence-electron chi connectivity index (χ3n) is 1.17. The number of carbonyl (C=O) groups is 1. The van der Waals surface area contributed by atoms with Crippen molar-refractivity contribution in [1.82, 2.24) is 0 Å². The molecule has 0 spiro atoms. The molecule has 0 fully saturated rings. The summed E-state index contributed by atoms with van der Waals surface area (Å²) in [6.45, 7) is 4.23. The first-order valence-electron chi connectivity index (χ1n) is 3.87. The Balaban J connectivity index is 3.66.